The van der Waals surface area contributed by atoms with Gasteiger partial charge in [-0.15, -0.1) is 0 Å². The van der Waals surface area contributed by atoms with E-state index in [0.29, 0.717) is 12.2 Å². The molecule has 0 aliphatic carbocycles. The first-order valence-corrected chi connectivity index (χ1v) is 6.12. The summed E-state index contributed by atoms with van der Waals surface area (Å²) in [5, 5.41) is 17.0. The van der Waals surface area contributed by atoms with Gasteiger partial charge in [0.05, 0.1) is 16.8 Å². The fourth-order valence-corrected chi connectivity index (χ4v) is 1.59. The Balaban J connectivity index is 2.34. The molecule has 2 aromatic rings. The Kier molecular flexibility index (Phi) is 4.38. The maximum Gasteiger partial charge on any atom is 0.353 e. The van der Waals surface area contributed by atoms with Crippen LogP contribution in [0.5, 0.6) is 0 Å². The van der Waals surface area contributed by atoms with Gasteiger partial charge in [0.25, 0.3) is 0 Å². The van der Waals surface area contributed by atoms with Gasteiger partial charge in [-0.25, -0.2) is 9.97 Å². The van der Waals surface area contributed by atoms with Crippen LogP contribution in [0.25, 0.3) is 0 Å². The average Bonchev–Trinajstić information content (AvgIpc) is 2.46. The van der Waals surface area contributed by atoms with E-state index in [9.17, 15) is 10.1 Å². The lowest BCUT2D eigenvalue weighted by atomic mass is 10.3. The number of nitrogens with zero attached hydrogens (tertiary/aromatic N) is 4. The van der Waals surface area contributed by atoms with Gasteiger partial charge in [0.15, 0.2) is 0 Å². The maximum absolute atomic E-state index is 11.2. The van der Waals surface area contributed by atoms with Gasteiger partial charge >= 0.3 is 5.69 Å². The molecule has 0 unspecified atom stereocenters. The molecule has 2 heterocycles. The standard InChI is InChI=1S/C12H14N6O2/c1-2-5-14-11-10(18(19)20)12(16-8-15-11)17-9-4-3-6-13-7-9/h3-4,6-8H,2,5H2,1H3,(H2,14,15,16,17). The Morgan fingerprint density at radius 3 is 2.80 bits per heavy atom. The summed E-state index contributed by atoms with van der Waals surface area (Å²) < 4.78 is 0. The molecule has 2 aromatic heterocycles. The van der Waals surface area contributed by atoms with Crippen LogP contribution in [0, 0.1) is 10.1 Å². The molecule has 104 valence electrons. The summed E-state index contributed by atoms with van der Waals surface area (Å²) in [7, 11) is 0. The first-order valence-electron chi connectivity index (χ1n) is 6.12. The quantitative estimate of drug-likeness (QED) is 0.615. The first-order chi connectivity index (χ1) is 9.72. The number of hydrogen-bond donors (Lipinski definition) is 2. The van der Waals surface area contributed by atoms with Crippen LogP contribution in [0.4, 0.5) is 23.0 Å². The molecule has 0 radical (unpaired) electrons. The normalized spacial score (nSPS) is 10.1. The number of aromatic nitrogens is 3. The van der Waals surface area contributed by atoms with Crippen LogP contribution in [0.15, 0.2) is 30.9 Å². The van der Waals surface area contributed by atoms with Crippen LogP contribution < -0.4 is 10.6 Å². The number of anilines is 3. The second-order valence-corrected chi connectivity index (χ2v) is 3.97. The zero-order valence-electron chi connectivity index (χ0n) is 10.9. The van der Waals surface area contributed by atoms with Crippen molar-refractivity contribution in [2.24, 2.45) is 0 Å². The smallest absolute Gasteiger partial charge is 0.353 e. The number of nitrogens with one attached hydrogen (secondary N) is 2. The summed E-state index contributed by atoms with van der Waals surface area (Å²) in [4.78, 5) is 22.5. The van der Waals surface area contributed by atoms with Crippen molar-refractivity contribution < 1.29 is 4.92 Å². The molecule has 20 heavy (non-hydrogen) atoms. The molecular weight excluding hydrogens is 260 g/mol. The number of pyridine rings is 1. The molecule has 0 saturated carbocycles. The fraction of sp³-hybridized carbons (Fsp3) is 0.250. The maximum atomic E-state index is 11.2. The highest BCUT2D eigenvalue weighted by Gasteiger charge is 2.22. The van der Waals surface area contributed by atoms with Crippen LogP contribution in [0.1, 0.15) is 13.3 Å². The monoisotopic (exact) mass is 274 g/mol. The third-order valence-corrected chi connectivity index (χ3v) is 2.47. The summed E-state index contributed by atoms with van der Waals surface area (Å²) in [5.41, 5.74) is 0.445. The molecule has 0 bridgehead atoms. The van der Waals surface area contributed by atoms with Crippen LogP contribution in [-0.4, -0.2) is 26.4 Å². The third kappa shape index (κ3) is 3.16. The second-order valence-electron chi connectivity index (χ2n) is 3.97. The third-order valence-electron chi connectivity index (χ3n) is 2.47. The van der Waals surface area contributed by atoms with Crippen molar-refractivity contribution in [1.29, 1.82) is 0 Å². The van der Waals surface area contributed by atoms with Crippen molar-refractivity contribution in [2.45, 2.75) is 13.3 Å². The molecule has 0 aromatic carbocycles. The van der Waals surface area contributed by atoms with E-state index in [2.05, 4.69) is 25.6 Å². The zero-order valence-corrected chi connectivity index (χ0v) is 10.9. The molecule has 0 saturated heterocycles. The number of nitro groups is 1. The highest BCUT2D eigenvalue weighted by Crippen LogP contribution is 2.30. The minimum Gasteiger partial charge on any atom is -0.364 e. The van der Waals surface area contributed by atoms with Crippen molar-refractivity contribution in [3.8, 4) is 0 Å². The van der Waals surface area contributed by atoms with Gasteiger partial charge in [-0.05, 0) is 18.6 Å². The highest BCUT2D eigenvalue weighted by atomic mass is 16.6. The van der Waals surface area contributed by atoms with Crippen molar-refractivity contribution in [3.63, 3.8) is 0 Å². The fourth-order valence-electron chi connectivity index (χ4n) is 1.59. The first kappa shape index (κ1) is 13.7. The van der Waals surface area contributed by atoms with E-state index in [4.69, 9.17) is 0 Å². The van der Waals surface area contributed by atoms with Crippen LogP contribution >= 0.6 is 0 Å². The number of hydrogen-bond acceptors (Lipinski definition) is 7. The van der Waals surface area contributed by atoms with Gasteiger partial charge in [0, 0.05) is 12.7 Å². The molecule has 0 amide bonds. The molecule has 0 fully saturated rings. The Hall–Kier alpha value is -2.77. The molecule has 0 atom stereocenters. The summed E-state index contributed by atoms with van der Waals surface area (Å²) in [6.45, 7) is 2.57. The lowest BCUT2D eigenvalue weighted by Crippen LogP contribution is -2.08. The van der Waals surface area contributed by atoms with Gasteiger partial charge < -0.3 is 10.6 Å². The van der Waals surface area contributed by atoms with E-state index in [0.717, 1.165) is 6.42 Å². The van der Waals surface area contributed by atoms with E-state index < -0.39 is 4.92 Å². The van der Waals surface area contributed by atoms with Gasteiger partial charge in [-0.3, -0.25) is 15.1 Å². The van der Waals surface area contributed by atoms with E-state index in [1.54, 1.807) is 24.5 Å². The Morgan fingerprint density at radius 2 is 2.15 bits per heavy atom. The van der Waals surface area contributed by atoms with Crippen LogP contribution in [0.2, 0.25) is 0 Å². The molecular formula is C12H14N6O2. The molecule has 0 spiro atoms. The minimum absolute atomic E-state index is 0.136. The molecule has 2 rings (SSSR count). The summed E-state index contributed by atoms with van der Waals surface area (Å²) in [5.74, 6) is 0.342. The van der Waals surface area contributed by atoms with Gasteiger partial charge in [0.1, 0.15) is 6.33 Å². The largest absolute Gasteiger partial charge is 0.364 e. The Bertz CT molecular complexity index is 590. The Morgan fingerprint density at radius 1 is 1.35 bits per heavy atom. The van der Waals surface area contributed by atoms with Gasteiger partial charge in [-0.2, -0.15) is 0 Å². The van der Waals surface area contributed by atoms with Gasteiger partial charge in [-0.1, -0.05) is 6.92 Å². The highest BCUT2D eigenvalue weighted by molar-refractivity contribution is 5.73. The van der Waals surface area contributed by atoms with E-state index in [-0.39, 0.29) is 17.3 Å². The summed E-state index contributed by atoms with van der Waals surface area (Å²) in [6.07, 6.45) is 5.30. The SMILES string of the molecule is CCCNc1ncnc(Nc2cccnc2)c1[N+](=O)[O-]. The van der Waals surface area contributed by atoms with E-state index in [1.807, 2.05) is 6.92 Å². The average molecular weight is 274 g/mol. The van der Waals surface area contributed by atoms with Crippen molar-refractivity contribution >= 4 is 23.0 Å². The lowest BCUT2D eigenvalue weighted by Gasteiger charge is -2.09. The van der Waals surface area contributed by atoms with E-state index in [1.165, 1.54) is 6.33 Å². The van der Waals surface area contributed by atoms with Crippen LogP contribution in [-0.2, 0) is 0 Å². The zero-order chi connectivity index (χ0) is 14.4. The summed E-state index contributed by atoms with van der Waals surface area (Å²) in [6, 6.07) is 3.48. The van der Waals surface area contributed by atoms with Crippen molar-refractivity contribution in [2.75, 3.05) is 17.2 Å². The lowest BCUT2D eigenvalue weighted by molar-refractivity contribution is -0.383. The Labute approximate surface area is 115 Å². The van der Waals surface area contributed by atoms with E-state index >= 15 is 0 Å². The van der Waals surface area contributed by atoms with Crippen LogP contribution in [0.3, 0.4) is 0 Å². The molecule has 8 nitrogen and oxygen atoms in total. The minimum atomic E-state index is -0.503. The second kappa shape index (κ2) is 6.41. The molecule has 2 N–H and O–H groups in total. The predicted molar refractivity (Wildman–Crippen MR) is 75.0 cm³/mol. The predicted octanol–water partition coefficient (Wildman–Crippen LogP) is 2.35. The molecule has 8 heteroatoms. The van der Waals surface area contributed by atoms with Gasteiger partial charge in [0.2, 0.25) is 11.6 Å². The molecule has 0 aliphatic heterocycles. The topological polar surface area (TPSA) is 106 Å². The van der Waals surface area contributed by atoms with Crippen molar-refractivity contribution in [1.82, 2.24) is 15.0 Å². The number of rotatable bonds is 6. The summed E-state index contributed by atoms with van der Waals surface area (Å²) >= 11 is 0. The van der Waals surface area contributed by atoms with Crippen molar-refractivity contribution in [3.05, 3.63) is 41.0 Å². The molecule has 0 aliphatic rings.